The van der Waals surface area contributed by atoms with E-state index < -0.39 is 5.97 Å². The highest BCUT2D eigenvalue weighted by Crippen LogP contribution is 2.50. The molecule has 0 spiro atoms. The Morgan fingerprint density at radius 2 is 1.93 bits per heavy atom. The molecule has 6 heteroatoms. The molecule has 0 aliphatic carbocycles. The number of aryl methyl sites for hydroxylation is 2. The molecule has 1 fully saturated rings. The zero-order valence-electron chi connectivity index (χ0n) is 17.7. The predicted molar refractivity (Wildman–Crippen MR) is 114 cm³/mol. The van der Waals surface area contributed by atoms with Gasteiger partial charge in [0.05, 0.1) is 25.7 Å². The summed E-state index contributed by atoms with van der Waals surface area (Å²) in [6, 6.07) is 13.0. The molecule has 2 aromatic carbocycles. The number of hydrogen-bond acceptors (Lipinski definition) is 5. The molecular formula is C24H28N2O4. The largest absolute Gasteiger partial charge is 0.468 e. The first kappa shape index (κ1) is 20.4. The van der Waals surface area contributed by atoms with Crippen molar-refractivity contribution < 1.29 is 19.1 Å². The normalized spacial score (nSPS) is 21.9. The van der Waals surface area contributed by atoms with Gasteiger partial charge in [-0.15, -0.1) is 0 Å². The van der Waals surface area contributed by atoms with Gasteiger partial charge in [0.25, 0.3) is 0 Å². The molecule has 0 unspecified atom stereocenters. The molecule has 3 atom stereocenters. The number of nitrogens with one attached hydrogen (secondary N) is 2. The minimum absolute atomic E-state index is 0.0187. The Bertz CT molecular complexity index is 951. The molecule has 4 rings (SSSR count). The standard InChI is InChI=1S/C24H28N2O4/c1-14-8-15(2)10-17(9-14)23-18-6-7-30-24(18)19-11-16(4-5-20(19)26-23)12-21(27)25-13-22(28)29-3/h4-5,8-11,18,23-24,26H,6-7,12-13H2,1-3H3,(H,25,27)/t18-,23-,24-/m1/s1. The Morgan fingerprint density at radius 3 is 2.67 bits per heavy atom. The van der Waals surface area contributed by atoms with Gasteiger partial charge in [-0.05, 0) is 37.5 Å². The van der Waals surface area contributed by atoms with Crippen LogP contribution in [-0.4, -0.2) is 32.1 Å². The SMILES string of the molecule is COC(=O)CNC(=O)Cc1ccc2c(c1)[C@@H]1OCC[C@@H]1[C@@H](c1cc(C)cc(C)c1)N2. The van der Waals surface area contributed by atoms with E-state index in [9.17, 15) is 9.59 Å². The number of benzene rings is 2. The van der Waals surface area contributed by atoms with Gasteiger partial charge >= 0.3 is 5.97 Å². The van der Waals surface area contributed by atoms with E-state index in [1.165, 1.54) is 23.8 Å². The van der Waals surface area contributed by atoms with Crippen molar-refractivity contribution in [3.63, 3.8) is 0 Å². The van der Waals surface area contributed by atoms with Crippen molar-refractivity contribution in [3.05, 3.63) is 64.2 Å². The quantitative estimate of drug-likeness (QED) is 0.742. The van der Waals surface area contributed by atoms with Crippen LogP contribution in [0.2, 0.25) is 0 Å². The van der Waals surface area contributed by atoms with Crippen LogP contribution in [-0.2, 0) is 25.5 Å². The number of methoxy groups -OCH3 is 1. The van der Waals surface area contributed by atoms with Crippen molar-refractivity contribution in [2.75, 3.05) is 25.6 Å². The van der Waals surface area contributed by atoms with Crippen LogP contribution in [0.1, 0.15) is 46.4 Å². The van der Waals surface area contributed by atoms with E-state index in [1.54, 1.807) is 0 Å². The number of carbonyl (C=O) groups excluding carboxylic acids is 2. The Kier molecular flexibility index (Phi) is 5.77. The number of rotatable bonds is 5. The summed E-state index contributed by atoms with van der Waals surface area (Å²) >= 11 is 0. The molecule has 6 nitrogen and oxygen atoms in total. The van der Waals surface area contributed by atoms with Crippen LogP contribution < -0.4 is 10.6 Å². The lowest BCUT2D eigenvalue weighted by Crippen LogP contribution is -2.31. The summed E-state index contributed by atoms with van der Waals surface area (Å²) in [5.74, 6) is -0.319. The molecule has 1 saturated heterocycles. The van der Waals surface area contributed by atoms with E-state index in [1.807, 2.05) is 12.1 Å². The average molecular weight is 408 g/mol. The Hall–Kier alpha value is -2.86. The molecule has 30 heavy (non-hydrogen) atoms. The predicted octanol–water partition coefficient (Wildman–Crippen LogP) is 3.38. The van der Waals surface area contributed by atoms with Gasteiger partial charge in [-0.2, -0.15) is 0 Å². The fraction of sp³-hybridized carbons (Fsp3) is 0.417. The highest BCUT2D eigenvalue weighted by molar-refractivity contribution is 5.83. The number of esters is 1. The van der Waals surface area contributed by atoms with Crippen LogP contribution in [0.25, 0.3) is 0 Å². The van der Waals surface area contributed by atoms with Crippen molar-refractivity contribution in [1.29, 1.82) is 0 Å². The number of fused-ring (bicyclic) bond motifs is 3. The second-order valence-corrected chi connectivity index (χ2v) is 8.24. The lowest BCUT2D eigenvalue weighted by Gasteiger charge is -2.37. The molecule has 2 aliphatic heterocycles. The summed E-state index contributed by atoms with van der Waals surface area (Å²) in [6.45, 7) is 4.88. The Balaban J connectivity index is 1.55. The van der Waals surface area contributed by atoms with Gasteiger partial charge in [-0.1, -0.05) is 41.5 Å². The molecule has 2 aliphatic rings. The number of carbonyl (C=O) groups is 2. The number of hydrogen-bond donors (Lipinski definition) is 2. The molecule has 0 bridgehead atoms. The minimum atomic E-state index is -0.461. The molecular weight excluding hydrogens is 380 g/mol. The average Bonchev–Trinajstić information content (AvgIpc) is 3.21. The van der Waals surface area contributed by atoms with Crippen molar-refractivity contribution in [2.45, 2.75) is 38.8 Å². The summed E-state index contributed by atoms with van der Waals surface area (Å²) in [6.07, 6.45) is 1.23. The maximum Gasteiger partial charge on any atom is 0.325 e. The molecule has 2 N–H and O–H groups in total. The first-order valence-electron chi connectivity index (χ1n) is 10.4. The van der Waals surface area contributed by atoms with Gasteiger partial charge in [0.2, 0.25) is 5.91 Å². The summed E-state index contributed by atoms with van der Waals surface area (Å²) in [5.41, 5.74) is 6.89. The van der Waals surface area contributed by atoms with Gasteiger partial charge < -0.3 is 20.1 Å². The highest BCUT2D eigenvalue weighted by Gasteiger charge is 2.41. The van der Waals surface area contributed by atoms with Crippen molar-refractivity contribution >= 4 is 17.6 Å². The number of amides is 1. The number of ether oxygens (including phenoxy) is 2. The third-order valence-electron chi connectivity index (χ3n) is 5.92. The maximum atomic E-state index is 12.2. The molecule has 2 heterocycles. The summed E-state index contributed by atoms with van der Waals surface area (Å²) < 4.78 is 10.7. The number of anilines is 1. The van der Waals surface area contributed by atoms with E-state index in [-0.39, 0.29) is 31.0 Å². The Morgan fingerprint density at radius 1 is 1.17 bits per heavy atom. The van der Waals surface area contributed by atoms with Gasteiger partial charge in [-0.3, -0.25) is 9.59 Å². The fourth-order valence-corrected chi connectivity index (χ4v) is 4.64. The third kappa shape index (κ3) is 4.19. The second-order valence-electron chi connectivity index (χ2n) is 8.24. The van der Waals surface area contributed by atoms with Crippen LogP contribution in [0.5, 0.6) is 0 Å². The summed E-state index contributed by atoms with van der Waals surface area (Å²) in [7, 11) is 1.30. The van der Waals surface area contributed by atoms with Gasteiger partial charge in [0, 0.05) is 23.8 Å². The molecule has 1 amide bonds. The summed E-state index contributed by atoms with van der Waals surface area (Å²) in [4.78, 5) is 23.4. The zero-order chi connectivity index (χ0) is 21.3. The van der Waals surface area contributed by atoms with Crippen LogP contribution in [0.15, 0.2) is 36.4 Å². The van der Waals surface area contributed by atoms with E-state index in [4.69, 9.17) is 4.74 Å². The minimum Gasteiger partial charge on any atom is -0.468 e. The van der Waals surface area contributed by atoms with Crippen LogP contribution in [0.4, 0.5) is 5.69 Å². The zero-order valence-corrected chi connectivity index (χ0v) is 17.7. The highest BCUT2D eigenvalue weighted by atomic mass is 16.5. The monoisotopic (exact) mass is 408 g/mol. The Labute approximate surface area is 177 Å². The van der Waals surface area contributed by atoms with Crippen LogP contribution in [0, 0.1) is 19.8 Å². The van der Waals surface area contributed by atoms with E-state index >= 15 is 0 Å². The molecule has 0 saturated carbocycles. The smallest absolute Gasteiger partial charge is 0.325 e. The molecule has 0 radical (unpaired) electrons. The van der Waals surface area contributed by atoms with Gasteiger partial charge in [-0.25, -0.2) is 0 Å². The molecule has 2 aromatic rings. The van der Waals surface area contributed by atoms with Crippen LogP contribution in [0.3, 0.4) is 0 Å². The first-order chi connectivity index (χ1) is 14.4. The second kappa shape index (κ2) is 8.48. The first-order valence-corrected chi connectivity index (χ1v) is 10.4. The van der Waals surface area contributed by atoms with E-state index in [0.717, 1.165) is 29.8 Å². The third-order valence-corrected chi connectivity index (χ3v) is 5.92. The lowest BCUT2D eigenvalue weighted by atomic mass is 9.80. The van der Waals surface area contributed by atoms with Crippen LogP contribution >= 0.6 is 0 Å². The fourth-order valence-electron chi connectivity index (χ4n) is 4.64. The van der Waals surface area contributed by atoms with Crippen molar-refractivity contribution in [2.24, 2.45) is 5.92 Å². The van der Waals surface area contributed by atoms with Gasteiger partial charge in [0.1, 0.15) is 6.54 Å². The molecule has 158 valence electrons. The van der Waals surface area contributed by atoms with Gasteiger partial charge in [0.15, 0.2) is 0 Å². The van der Waals surface area contributed by atoms with E-state index in [0.29, 0.717) is 5.92 Å². The maximum absolute atomic E-state index is 12.2. The topological polar surface area (TPSA) is 76.7 Å². The summed E-state index contributed by atoms with van der Waals surface area (Å²) in [5, 5.41) is 6.31. The van der Waals surface area contributed by atoms with Crippen molar-refractivity contribution in [1.82, 2.24) is 5.32 Å². The lowest BCUT2D eigenvalue weighted by molar-refractivity contribution is -0.141. The van der Waals surface area contributed by atoms with Crippen molar-refractivity contribution in [3.8, 4) is 0 Å². The van der Waals surface area contributed by atoms with E-state index in [2.05, 4.69) is 53.5 Å². The molecule has 0 aromatic heterocycles.